The van der Waals surface area contributed by atoms with Crippen LogP contribution in [0.25, 0.3) is 22.4 Å². The molecule has 2 heterocycles. The van der Waals surface area contributed by atoms with Crippen molar-refractivity contribution in [3.8, 4) is 11.4 Å². The van der Waals surface area contributed by atoms with Crippen LogP contribution in [-0.4, -0.2) is 19.3 Å². The van der Waals surface area contributed by atoms with Crippen LogP contribution in [0.3, 0.4) is 0 Å². The van der Waals surface area contributed by atoms with Gasteiger partial charge in [0.15, 0.2) is 5.65 Å². The van der Waals surface area contributed by atoms with E-state index in [0.29, 0.717) is 11.0 Å². The van der Waals surface area contributed by atoms with Crippen LogP contribution < -0.4 is 5.56 Å². The SMILES string of the molecule is Cc1ccc(-n2ncc3c(=O)n(-c4ccccc4)cnc32)cc1. The number of fused-ring (bicyclic) bond motifs is 1. The Balaban J connectivity index is 1.91. The molecule has 0 atom stereocenters. The molecule has 0 saturated carbocycles. The molecule has 0 amide bonds. The molecule has 0 aliphatic carbocycles. The van der Waals surface area contributed by atoms with Crippen LogP contribution in [0.4, 0.5) is 0 Å². The van der Waals surface area contributed by atoms with Gasteiger partial charge in [-0.05, 0) is 31.2 Å². The molecule has 0 fully saturated rings. The summed E-state index contributed by atoms with van der Waals surface area (Å²) in [6.45, 7) is 2.03. The largest absolute Gasteiger partial charge is 0.269 e. The Morgan fingerprint density at radius 1 is 0.913 bits per heavy atom. The normalized spacial score (nSPS) is 11.0. The highest BCUT2D eigenvalue weighted by Gasteiger charge is 2.12. The van der Waals surface area contributed by atoms with Gasteiger partial charge in [0, 0.05) is 0 Å². The molecule has 5 heteroatoms. The molecule has 0 N–H and O–H groups in total. The Bertz CT molecular complexity index is 1030. The average Bonchev–Trinajstić information content (AvgIpc) is 3.02. The van der Waals surface area contributed by atoms with Gasteiger partial charge in [0.25, 0.3) is 5.56 Å². The van der Waals surface area contributed by atoms with Crippen LogP contribution in [0, 0.1) is 6.92 Å². The fourth-order valence-electron chi connectivity index (χ4n) is 2.56. The first-order valence-corrected chi connectivity index (χ1v) is 7.32. The number of aromatic nitrogens is 4. The molecule has 0 aliphatic rings. The Hall–Kier alpha value is -3.21. The first-order chi connectivity index (χ1) is 11.2. The summed E-state index contributed by atoms with van der Waals surface area (Å²) in [6, 6.07) is 17.4. The Morgan fingerprint density at radius 3 is 2.39 bits per heavy atom. The Morgan fingerprint density at radius 2 is 1.65 bits per heavy atom. The molecule has 23 heavy (non-hydrogen) atoms. The van der Waals surface area contributed by atoms with E-state index >= 15 is 0 Å². The summed E-state index contributed by atoms with van der Waals surface area (Å²) in [6.07, 6.45) is 3.12. The highest BCUT2D eigenvalue weighted by Crippen LogP contribution is 2.15. The van der Waals surface area contributed by atoms with Crippen molar-refractivity contribution < 1.29 is 0 Å². The van der Waals surface area contributed by atoms with Crippen LogP contribution in [0.15, 0.2) is 71.9 Å². The van der Waals surface area contributed by atoms with Crippen LogP contribution >= 0.6 is 0 Å². The minimum Gasteiger partial charge on any atom is -0.268 e. The second-order valence-corrected chi connectivity index (χ2v) is 5.38. The standard InChI is InChI=1S/C18H14N4O/c1-13-7-9-15(10-8-13)22-17-16(11-20-22)18(23)21(12-19-17)14-5-3-2-4-6-14/h2-12H,1H3. The molecule has 0 spiro atoms. The van der Waals surface area contributed by atoms with Gasteiger partial charge < -0.3 is 0 Å². The fourth-order valence-corrected chi connectivity index (χ4v) is 2.56. The lowest BCUT2D eigenvalue weighted by molar-refractivity contribution is 0.885. The van der Waals surface area contributed by atoms with Crippen LogP contribution in [0.5, 0.6) is 0 Å². The maximum absolute atomic E-state index is 12.7. The van der Waals surface area contributed by atoms with Crippen molar-refractivity contribution in [3.63, 3.8) is 0 Å². The third-order valence-electron chi connectivity index (χ3n) is 3.80. The third-order valence-corrected chi connectivity index (χ3v) is 3.80. The van der Waals surface area contributed by atoms with E-state index < -0.39 is 0 Å². The fraction of sp³-hybridized carbons (Fsp3) is 0.0556. The van der Waals surface area contributed by atoms with Crippen LogP contribution in [0.1, 0.15) is 5.56 Å². The molecule has 0 bridgehead atoms. The van der Waals surface area contributed by atoms with E-state index in [1.54, 1.807) is 17.2 Å². The van der Waals surface area contributed by atoms with E-state index in [9.17, 15) is 4.79 Å². The second kappa shape index (κ2) is 5.21. The topological polar surface area (TPSA) is 52.7 Å². The highest BCUT2D eigenvalue weighted by atomic mass is 16.1. The quantitative estimate of drug-likeness (QED) is 0.572. The number of aryl methyl sites for hydroxylation is 1. The maximum atomic E-state index is 12.7. The number of hydrogen-bond donors (Lipinski definition) is 0. The van der Waals surface area contributed by atoms with E-state index in [4.69, 9.17) is 0 Å². The van der Waals surface area contributed by atoms with Gasteiger partial charge in [-0.15, -0.1) is 0 Å². The summed E-state index contributed by atoms with van der Waals surface area (Å²) in [7, 11) is 0. The molecule has 0 aliphatic heterocycles. The van der Waals surface area contributed by atoms with Crippen molar-refractivity contribution in [2.45, 2.75) is 6.92 Å². The number of rotatable bonds is 2. The summed E-state index contributed by atoms with van der Waals surface area (Å²) in [4.78, 5) is 17.1. The van der Waals surface area contributed by atoms with Gasteiger partial charge in [-0.1, -0.05) is 35.9 Å². The van der Waals surface area contributed by atoms with Gasteiger partial charge >= 0.3 is 0 Å². The summed E-state index contributed by atoms with van der Waals surface area (Å²) in [5.41, 5.74) is 3.28. The number of hydrogen-bond acceptors (Lipinski definition) is 3. The van der Waals surface area contributed by atoms with Gasteiger partial charge in [0.05, 0.1) is 17.6 Å². The predicted octanol–water partition coefficient (Wildman–Crippen LogP) is 2.88. The van der Waals surface area contributed by atoms with Crippen LogP contribution in [-0.2, 0) is 0 Å². The maximum Gasteiger partial charge on any atom is 0.269 e. The molecular formula is C18H14N4O. The van der Waals surface area contributed by atoms with Crippen molar-refractivity contribution in [1.29, 1.82) is 0 Å². The lowest BCUT2D eigenvalue weighted by Gasteiger charge is -2.06. The molecule has 0 radical (unpaired) electrons. The van der Waals surface area contributed by atoms with E-state index in [2.05, 4.69) is 10.1 Å². The van der Waals surface area contributed by atoms with Gasteiger partial charge in [-0.25, -0.2) is 9.67 Å². The van der Waals surface area contributed by atoms with E-state index in [1.807, 2.05) is 61.5 Å². The van der Waals surface area contributed by atoms with Crippen LogP contribution in [0.2, 0.25) is 0 Å². The summed E-state index contributed by atoms with van der Waals surface area (Å²) in [5, 5.41) is 4.83. The van der Waals surface area contributed by atoms with E-state index in [1.165, 1.54) is 10.1 Å². The number of para-hydroxylation sites is 1. The molecule has 4 rings (SSSR count). The zero-order valence-corrected chi connectivity index (χ0v) is 12.5. The molecule has 0 saturated heterocycles. The summed E-state index contributed by atoms with van der Waals surface area (Å²) in [5.74, 6) is 0. The van der Waals surface area contributed by atoms with Gasteiger partial charge in [0.1, 0.15) is 11.7 Å². The minimum atomic E-state index is -0.125. The zero-order chi connectivity index (χ0) is 15.8. The molecular weight excluding hydrogens is 288 g/mol. The van der Waals surface area contributed by atoms with Gasteiger partial charge in [-0.3, -0.25) is 9.36 Å². The van der Waals surface area contributed by atoms with Crippen molar-refractivity contribution in [3.05, 3.63) is 83.0 Å². The van der Waals surface area contributed by atoms with E-state index in [0.717, 1.165) is 11.4 Å². The van der Waals surface area contributed by atoms with Crippen molar-refractivity contribution in [1.82, 2.24) is 19.3 Å². The highest BCUT2D eigenvalue weighted by molar-refractivity contribution is 5.75. The Labute approximate surface area is 132 Å². The number of nitrogens with zero attached hydrogens (tertiary/aromatic N) is 4. The van der Waals surface area contributed by atoms with Gasteiger partial charge in [0.2, 0.25) is 0 Å². The first-order valence-electron chi connectivity index (χ1n) is 7.32. The van der Waals surface area contributed by atoms with E-state index in [-0.39, 0.29) is 5.56 Å². The molecule has 4 aromatic rings. The lowest BCUT2D eigenvalue weighted by Crippen LogP contribution is -2.18. The third kappa shape index (κ3) is 2.23. The smallest absolute Gasteiger partial charge is 0.268 e. The summed E-state index contributed by atoms with van der Waals surface area (Å²) >= 11 is 0. The Kier molecular flexibility index (Phi) is 3.05. The summed E-state index contributed by atoms with van der Waals surface area (Å²) < 4.78 is 3.22. The molecule has 5 nitrogen and oxygen atoms in total. The monoisotopic (exact) mass is 302 g/mol. The predicted molar refractivity (Wildman–Crippen MR) is 89.2 cm³/mol. The second-order valence-electron chi connectivity index (χ2n) is 5.38. The first kappa shape index (κ1) is 13.5. The minimum absolute atomic E-state index is 0.125. The van der Waals surface area contributed by atoms with Gasteiger partial charge in [-0.2, -0.15) is 5.10 Å². The zero-order valence-electron chi connectivity index (χ0n) is 12.5. The average molecular weight is 302 g/mol. The molecule has 2 aromatic carbocycles. The molecule has 112 valence electrons. The number of benzene rings is 2. The lowest BCUT2D eigenvalue weighted by atomic mass is 10.2. The van der Waals surface area contributed by atoms with Crippen molar-refractivity contribution in [2.24, 2.45) is 0 Å². The molecule has 2 aromatic heterocycles. The molecule has 0 unspecified atom stereocenters. The van der Waals surface area contributed by atoms with Crippen molar-refractivity contribution in [2.75, 3.05) is 0 Å². The van der Waals surface area contributed by atoms with Crippen molar-refractivity contribution >= 4 is 11.0 Å².